The molecule has 0 heterocycles. The molecule has 1 unspecified atom stereocenters. The number of hydrogen-bond acceptors (Lipinski definition) is 1. The summed E-state index contributed by atoms with van der Waals surface area (Å²) in [4.78, 5) is 2.52. The molecule has 318 valence electrons. The van der Waals surface area contributed by atoms with Crippen LogP contribution in [0, 0.1) is 0 Å². The third-order valence-electron chi connectivity index (χ3n) is 15.3. The van der Waals surface area contributed by atoms with Crippen LogP contribution in [-0.4, -0.2) is 0 Å². The zero-order valence-electron chi connectivity index (χ0n) is 37.9. The van der Waals surface area contributed by atoms with Crippen LogP contribution in [-0.2, 0) is 17.3 Å². The quantitative estimate of drug-likeness (QED) is 0.154. The Morgan fingerprint density at radius 1 is 0.328 bits per heavy atom. The fourth-order valence-corrected chi connectivity index (χ4v) is 12.2. The summed E-state index contributed by atoms with van der Waals surface area (Å²) in [6.45, 7) is 4.77. The van der Waals surface area contributed by atoms with Gasteiger partial charge in [0.05, 0.1) is 5.69 Å². The first kappa shape index (κ1) is 39.4. The van der Waals surface area contributed by atoms with Crippen molar-refractivity contribution in [3.8, 4) is 66.8 Å². The van der Waals surface area contributed by atoms with Gasteiger partial charge in [0.1, 0.15) is 0 Å². The summed E-state index contributed by atoms with van der Waals surface area (Å²) in [5.74, 6) is 0. The average Bonchev–Trinajstić information content (AvgIpc) is 4.00. The molecule has 10 aromatic rings. The van der Waals surface area contributed by atoms with E-state index in [1.165, 1.54) is 100 Å². The molecule has 0 N–H and O–H groups in total. The van der Waals surface area contributed by atoms with Crippen molar-refractivity contribution in [2.24, 2.45) is 0 Å². The maximum absolute atomic E-state index is 2.53. The second-order valence-corrected chi connectivity index (χ2v) is 19.2. The number of anilines is 3. The van der Waals surface area contributed by atoms with Crippen molar-refractivity contribution in [3.05, 3.63) is 270 Å². The summed E-state index contributed by atoms with van der Waals surface area (Å²) < 4.78 is 0. The number of nitrogens with zero attached hydrogens (tertiary/aromatic N) is 1. The molecule has 3 aliphatic carbocycles. The predicted molar refractivity (Wildman–Crippen MR) is 281 cm³/mol. The molecular formula is C66H49N. The normalized spacial score (nSPS) is 15.7. The third-order valence-corrected chi connectivity index (χ3v) is 15.3. The fraction of sp³-hybridized carbons (Fsp3) is 0.0909. The smallest absolute Gasteiger partial charge is 0.0540 e. The predicted octanol–water partition coefficient (Wildman–Crippen LogP) is 17.4. The second kappa shape index (κ2) is 15.3. The number of para-hydroxylation sites is 1. The third kappa shape index (κ3) is 6.08. The average molecular weight is 856 g/mol. The molecule has 3 aliphatic rings. The molecule has 13 rings (SSSR count). The van der Waals surface area contributed by atoms with E-state index in [-0.39, 0.29) is 10.8 Å². The Hall–Kier alpha value is -8.00. The molecule has 67 heavy (non-hydrogen) atoms. The SMILES string of the molecule is CC1(C)c2ccccc2-c2cccc(-c3cccc(N(c4ccc5c(c4)C4(CCc6ccccc64)c4ccccc4-5)c4ccccc4-c4ccc(-c5ccc(-c6ccccc6)cc5)cc4)c3)c21. The Morgan fingerprint density at radius 3 is 1.58 bits per heavy atom. The van der Waals surface area contributed by atoms with Crippen molar-refractivity contribution in [2.45, 2.75) is 37.5 Å². The fourth-order valence-electron chi connectivity index (χ4n) is 12.2. The zero-order chi connectivity index (χ0) is 44.7. The minimum atomic E-state index is -0.203. The largest absolute Gasteiger partial charge is 0.310 e. The van der Waals surface area contributed by atoms with Gasteiger partial charge in [-0.1, -0.05) is 220 Å². The zero-order valence-corrected chi connectivity index (χ0v) is 37.9. The maximum Gasteiger partial charge on any atom is 0.0540 e. The minimum absolute atomic E-state index is 0.137. The Morgan fingerprint density at radius 2 is 0.836 bits per heavy atom. The molecule has 1 atom stereocenters. The van der Waals surface area contributed by atoms with E-state index in [1.54, 1.807) is 0 Å². The first-order chi connectivity index (χ1) is 33.0. The number of rotatable bonds is 7. The van der Waals surface area contributed by atoms with Crippen LogP contribution in [0.5, 0.6) is 0 Å². The molecule has 1 spiro atoms. The van der Waals surface area contributed by atoms with Crippen molar-refractivity contribution in [2.75, 3.05) is 4.90 Å². The van der Waals surface area contributed by atoms with E-state index in [1.807, 2.05) is 0 Å². The lowest BCUT2D eigenvalue weighted by Crippen LogP contribution is -2.24. The van der Waals surface area contributed by atoms with Crippen molar-refractivity contribution in [3.63, 3.8) is 0 Å². The molecule has 0 aromatic heterocycles. The molecule has 1 heteroatoms. The molecule has 1 nitrogen and oxygen atoms in total. The highest BCUT2D eigenvalue weighted by atomic mass is 15.1. The molecule has 0 bridgehead atoms. The van der Waals surface area contributed by atoms with Crippen LogP contribution in [0.4, 0.5) is 17.1 Å². The van der Waals surface area contributed by atoms with E-state index >= 15 is 0 Å². The van der Waals surface area contributed by atoms with E-state index in [9.17, 15) is 0 Å². The van der Waals surface area contributed by atoms with Gasteiger partial charge in [-0.25, -0.2) is 0 Å². The Balaban J connectivity index is 0.971. The second-order valence-electron chi connectivity index (χ2n) is 19.2. The molecule has 0 saturated carbocycles. The van der Waals surface area contributed by atoms with E-state index in [4.69, 9.17) is 0 Å². The van der Waals surface area contributed by atoms with Crippen LogP contribution in [0.15, 0.2) is 237 Å². The van der Waals surface area contributed by atoms with Gasteiger partial charge in [-0.15, -0.1) is 0 Å². The van der Waals surface area contributed by atoms with Gasteiger partial charge in [0.15, 0.2) is 0 Å². The van der Waals surface area contributed by atoms with E-state index in [0.717, 1.165) is 29.9 Å². The van der Waals surface area contributed by atoms with Gasteiger partial charge in [0, 0.05) is 27.8 Å². The highest BCUT2D eigenvalue weighted by molar-refractivity contribution is 5.94. The van der Waals surface area contributed by atoms with Crippen molar-refractivity contribution in [1.82, 2.24) is 0 Å². The van der Waals surface area contributed by atoms with Crippen molar-refractivity contribution >= 4 is 17.1 Å². The summed E-state index contributed by atoms with van der Waals surface area (Å²) in [7, 11) is 0. The minimum Gasteiger partial charge on any atom is -0.310 e. The van der Waals surface area contributed by atoms with E-state index in [0.29, 0.717) is 0 Å². The van der Waals surface area contributed by atoms with Gasteiger partial charge in [-0.2, -0.15) is 0 Å². The molecule has 0 radical (unpaired) electrons. The van der Waals surface area contributed by atoms with Gasteiger partial charge in [0.2, 0.25) is 0 Å². The lowest BCUT2D eigenvalue weighted by molar-refractivity contribution is 0.626. The van der Waals surface area contributed by atoms with Gasteiger partial charge in [-0.05, 0) is 138 Å². The van der Waals surface area contributed by atoms with Crippen LogP contribution < -0.4 is 4.90 Å². The van der Waals surface area contributed by atoms with E-state index < -0.39 is 0 Å². The first-order valence-corrected chi connectivity index (χ1v) is 23.8. The molecule has 0 amide bonds. The van der Waals surface area contributed by atoms with Gasteiger partial charge in [0.25, 0.3) is 0 Å². The van der Waals surface area contributed by atoms with Crippen LogP contribution >= 0.6 is 0 Å². The van der Waals surface area contributed by atoms with Crippen LogP contribution in [0.2, 0.25) is 0 Å². The Labute approximate surface area is 394 Å². The summed E-state index contributed by atoms with van der Waals surface area (Å²) in [5, 5.41) is 0. The van der Waals surface area contributed by atoms with Crippen molar-refractivity contribution in [1.29, 1.82) is 0 Å². The summed E-state index contributed by atoms with van der Waals surface area (Å²) in [5.41, 5.74) is 26.7. The van der Waals surface area contributed by atoms with Gasteiger partial charge >= 0.3 is 0 Å². The maximum atomic E-state index is 2.53. The standard InChI is InChI=1S/C66H49N/c1-65(2)60-27-11-7-23-56(60)58-25-15-24-54(64(58)65)50-19-14-20-51(42-50)67(52-38-39-57-55-22-8-12-28-61(55)66(62(57)43-52)41-40-49-18-6-10-26-59(49)66)63-29-13-9-21-53(63)48-36-34-47(35-37-48)46-32-30-45(31-33-46)44-16-4-3-5-17-44/h3-39,42-43H,40-41H2,1-2H3. The summed E-state index contributed by atoms with van der Waals surface area (Å²) in [6.07, 6.45) is 2.13. The molecule has 0 aliphatic heterocycles. The number of benzene rings is 10. The summed E-state index contributed by atoms with van der Waals surface area (Å²) >= 11 is 0. The summed E-state index contributed by atoms with van der Waals surface area (Å²) in [6, 6.07) is 88.4. The lowest BCUT2D eigenvalue weighted by Gasteiger charge is -2.32. The van der Waals surface area contributed by atoms with E-state index in [2.05, 4.69) is 255 Å². The monoisotopic (exact) mass is 855 g/mol. The van der Waals surface area contributed by atoms with Crippen LogP contribution in [0.25, 0.3) is 66.8 Å². The lowest BCUT2D eigenvalue weighted by atomic mass is 9.73. The van der Waals surface area contributed by atoms with Crippen LogP contribution in [0.1, 0.15) is 53.6 Å². The van der Waals surface area contributed by atoms with Crippen LogP contribution in [0.3, 0.4) is 0 Å². The number of aryl methyl sites for hydroxylation is 1. The van der Waals surface area contributed by atoms with Gasteiger partial charge in [-0.3, -0.25) is 0 Å². The van der Waals surface area contributed by atoms with Crippen molar-refractivity contribution < 1.29 is 0 Å². The number of fused-ring (bicyclic) bond motifs is 10. The topological polar surface area (TPSA) is 3.24 Å². The molecule has 10 aromatic carbocycles. The van der Waals surface area contributed by atoms with Gasteiger partial charge < -0.3 is 4.90 Å². The first-order valence-electron chi connectivity index (χ1n) is 23.8. The molecule has 0 fully saturated rings. The Kier molecular flexibility index (Phi) is 8.99. The highest BCUT2D eigenvalue weighted by Crippen LogP contribution is 2.60. The highest BCUT2D eigenvalue weighted by Gasteiger charge is 2.48. The number of hydrogen-bond donors (Lipinski definition) is 0. The molecular weight excluding hydrogens is 807 g/mol. The Bertz CT molecular complexity index is 3540. The molecule has 0 saturated heterocycles.